The summed E-state index contributed by atoms with van der Waals surface area (Å²) in [7, 11) is 1.93. The van der Waals surface area contributed by atoms with E-state index < -0.39 is 6.09 Å². The Morgan fingerprint density at radius 3 is 2.50 bits per heavy atom. The minimum Gasteiger partial charge on any atom is -0.446 e. The molecule has 2 amide bonds. The van der Waals surface area contributed by atoms with Crippen molar-refractivity contribution in [2.45, 2.75) is 58.2 Å². The number of likely N-dealkylation sites (N-methyl/N-ethyl adjacent to an activating group) is 1. The van der Waals surface area contributed by atoms with Crippen LogP contribution in [-0.4, -0.2) is 70.0 Å². The van der Waals surface area contributed by atoms with Crippen molar-refractivity contribution in [3.63, 3.8) is 0 Å². The number of ether oxygens (including phenoxy) is 1. The second kappa shape index (κ2) is 12.2. The van der Waals surface area contributed by atoms with E-state index in [0.29, 0.717) is 43.6 Å². The molecular formula is C23H40N6O3. The summed E-state index contributed by atoms with van der Waals surface area (Å²) < 4.78 is 5.47. The van der Waals surface area contributed by atoms with E-state index in [-0.39, 0.29) is 24.0 Å². The lowest BCUT2D eigenvalue weighted by Crippen LogP contribution is -2.51. The molecule has 1 heterocycles. The molecule has 0 bridgehead atoms. The summed E-state index contributed by atoms with van der Waals surface area (Å²) in [5.74, 6) is 0.00205. The Kier molecular flexibility index (Phi) is 9.89. The Balaban J connectivity index is 2.30. The number of anilines is 2. The fraction of sp³-hybridized carbons (Fsp3) is 0.652. The molecule has 0 saturated carbocycles. The van der Waals surface area contributed by atoms with Crippen LogP contribution in [0.4, 0.5) is 16.2 Å². The predicted octanol–water partition coefficient (Wildman–Crippen LogP) is 1.36. The highest BCUT2D eigenvalue weighted by atomic mass is 16.6. The van der Waals surface area contributed by atoms with Crippen molar-refractivity contribution >= 4 is 23.4 Å². The predicted molar refractivity (Wildman–Crippen MR) is 129 cm³/mol. The van der Waals surface area contributed by atoms with Gasteiger partial charge in [0.15, 0.2) is 0 Å². The van der Waals surface area contributed by atoms with Crippen molar-refractivity contribution in [1.82, 2.24) is 10.6 Å². The number of amides is 2. The summed E-state index contributed by atoms with van der Waals surface area (Å²) in [5.41, 5.74) is 14.2. The molecular weight excluding hydrogens is 408 g/mol. The number of nitrogens with zero attached hydrogens (tertiary/aromatic N) is 2. The van der Waals surface area contributed by atoms with Crippen molar-refractivity contribution in [1.29, 1.82) is 0 Å². The number of nitrogens with one attached hydrogen (secondary N) is 2. The molecule has 32 heavy (non-hydrogen) atoms. The minimum absolute atomic E-state index is 0.0570. The summed E-state index contributed by atoms with van der Waals surface area (Å²) in [6.45, 7) is 10.1. The Hall–Kier alpha value is -2.20. The van der Waals surface area contributed by atoms with E-state index in [1.54, 1.807) is 16.7 Å². The van der Waals surface area contributed by atoms with Crippen LogP contribution in [0.2, 0.25) is 0 Å². The van der Waals surface area contributed by atoms with Gasteiger partial charge in [0, 0.05) is 45.1 Å². The largest absolute Gasteiger partial charge is 0.446 e. The number of benzene rings is 1. The first-order valence-corrected chi connectivity index (χ1v) is 11.4. The second-order valence-electron chi connectivity index (χ2n) is 8.68. The van der Waals surface area contributed by atoms with Gasteiger partial charge in [-0.1, -0.05) is 6.07 Å². The van der Waals surface area contributed by atoms with Crippen molar-refractivity contribution in [3.05, 3.63) is 23.8 Å². The van der Waals surface area contributed by atoms with E-state index >= 15 is 0 Å². The summed E-state index contributed by atoms with van der Waals surface area (Å²) >= 11 is 0. The molecule has 9 heteroatoms. The van der Waals surface area contributed by atoms with Crippen LogP contribution in [-0.2, 0) is 9.53 Å². The van der Waals surface area contributed by atoms with Crippen LogP contribution in [0.1, 0.15) is 45.6 Å². The Bertz CT molecular complexity index is 772. The lowest BCUT2D eigenvalue weighted by atomic mass is 9.96. The highest BCUT2D eigenvalue weighted by Gasteiger charge is 2.35. The minimum atomic E-state index is -0.408. The van der Waals surface area contributed by atoms with Crippen molar-refractivity contribution in [3.8, 4) is 0 Å². The first-order chi connectivity index (χ1) is 15.2. The van der Waals surface area contributed by atoms with Crippen molar-refractivity contribution in [2.75, 3.05) is 49.6 Å². The number of rotatable bonds is 10. The first-order valence-electron chi connectivity index (χ1n) is 11.4. The molecule has 0 fully saturated rings. The number of nitrogens with two attached hydrogens (primary N) is 2. The van der Waals surface area contributed by atoms with Crippen LogP contribution in [0, 0.1) is 0 Å². The average Bonchev–Trinajstić information content (AvgIpc) is 2.74. The zero-order chi connectivity index (χ0) is 23.8. The van der Waals surface area contributed by atoms with Gasteiger partial charge in [-0.2, -0.15) is 0 Å². The molecule has 0 spiro atoms. The maximum Gasteiger partial charge on any atom is 0.414 e. The third kappa shape index (κ3) is 6.41. The van der Waals surface area contributed by atoms with E-state index in [1.807, 2.05) is 46.0 Å². The third-order valence-corrected chi connectivity index (χ3v) is 5.79. The zero-order valence-corrected chi connectivity index (χ0v) is 20.1. The fourth-order valence-corrected chi connectivity index (χ4v) is 4.13. The molecule has 2 unspecified atom stereocenters. The molecule has 1 aliphatic rings. The molecule has 6 N–H and O–H groups in total. The molecule has 3 atom stereocenters. The molecule has 0 aliphatic carbocycles. The lowest BCUT2D eigenvalue weighted by molar-refractivity contribution is -0.117. The van der Waals surface area contributed by atoms with Crippen LogP contribution < -0.4 is 31.9 Å². The van der Waals surface area contributed by atoms with Gasteiger partial charge in [0.25, 0.3) is 0 Å². The summed E-state index contributed by atoms with van der Waals surface area (Å²) in [4.78, 5) is 28.5. The standard InChI is InChI=1S/C23H40N6O3/c1-15(2)32-23(31)28-14-16(3)29(17(4)30)21-7-6-18(10-22(21)28)19(11-25)12-27-13-20(26-5)8-9-24/h6-7,10,15-16,19-20,26-27H,8-9,11-14,24-25H2,1-5H3/t16-,19?,20?/m0/s1. The molecule has 1 aromatic carbocycles. The van der Waals surface area contributed by atoms with Crippen LogP contribution in [0.5, 0.6) is 0 Å². The number of fused-ring (bicyclic) bond motifs is 1. The maximum atomic E-state index is 12.8. The van der Waals surface area contributed by atoms with Crippen LogP contribution >= 0.6 is 0 Å². The van der Waals surface area contributed by atoms with E-state index in [0.717, 1.165) is 18.5 Å². The SMILES string of the molecule is CNC(CCN)CNCC(CN)c1ccc2c(c1)N(C(=O)OC(C)C)C[C@H](C)N2C(C)=O. The topological polar surface area (TPSA) is 126 Å². The summed E-state index contributed by atoms with van der Waals surface area (Å²) in [5, 5.41) is 6.74. The van der Waals surface area contributed by atoms with Gasteiger partial charge in [0.2, 0.25) is 5.91 Å². The molecule has 1 aromatic rings. The van der Waals surface area contributed by atoms with Crippen LogP contribution in [0.15, 0.2) is 18.2 Å². The van der Waals surface area contributed by atoms with Gasteiger partial charge in [-0.15, -0.1) is 0 Å². The van der Waals surface area contributed by atoms with Crippen molar-refractivity contribution < 1.29 is 14.3 Å². The van der Waals surface area contributed by atoms with Crippen LogP contribution in [0.25, 0.3) is 0 Å². The normalized spacial score (nSPS) is 17.8. The molecule has 2 rings (SSSR count). The van der Waals surface area contributed by atoms with Gasteiger partial charge in [-0.25, -0.2) is 4.79 Å². The highest BCUT2D eigenvalue weighted by Crippen LogP contribution is 2.38. The smallest absolute Gasteiger partial charge is 0.414 e. The van der Waals surface area contributed by atoms with Gasteiger partial charge >= 0.3 is 6.09 Å². The molecule has 0 aromatic heterocycles. The number of carbonyl (C=O) groups excluding carboxylic acids is 2. The van der Waals surface area contributed by atoms with E-state index in [4.69, 9.17) is 16.2 Å². The summed E-state index contributed by atoms with van der Waals surface area (Å²) in [6, 6.07) is 6.01. The summed E-state index contributed by atoms with van der Waals surface area (Å²) in [6.07, 6.45) is 0.251. The van der Waals surface area contributed by atoms with Gasteiger partial charge in [-0.05, 0) is 58.5 Å². The first kappa shape index (κ1) is 26.1. The van der Waals surface area contributed by atoms with Gasteiger partial charge < -0.3 is 31.7 Å². The van der Waals surface area contributed by atoms with Gasteiger partial charge in [0.1, 0.15) is 0 Å². The fourth-order valence-electron chi connectivity index (χ4n) is 4.13. The Morgan fingerprint density at radius 1 is 1.22 bits per heavy atom. The van der Waals surface area contributed by atoms with E-state index in [1.165, 1.54) is 0 Å². The van der Waals surface area contributed by atoms with Crippen LogP contribution in [0.3, 0.4) is 0 Å². The lowest BCUT2D eigenvalue weighted by Gasteiger charge is -2.40. The zero-order valence-electron chi connectivity index (χ0n) is 20.1. The quantitative estimate of drug-likeness (QED) is 0.426. The average molecular weight is 449 g/mol. The van der Waals surface area contributed by atoms with E-state index in [9.17, 15) is 9.59 Å². The van der Waals surface area contributed by atoms with Gasteiger partial charge in [-0.3, -0.25) is 9.69 Å². The molecule has 0 radical (unpaired) electrons. The molecule has 9 nitrogen and oxygen atoms in total. The number of hydrogen-bond donors (Lipinski definition) is 4. The Morgan fingerprint density at radius 2 is 1.94 bits per heavy atom. The third-order valence-electron chi connectivity index (χ3n) is 5.79. The second-order valence-corrected chi connectivity index (χ2v) is 8.68. The highest BCUT2D eigenvalue weighted by molar-refractivity contribution is 6.02. The molecule has 180 valence electrons. The number of hydrogen-bond acceptors (Lipinski definition) is 7. The maximum absolute atomic E-state index is 12.8. The Labute approximate surface area is 191 Å². The number of carbonyl (C=O) groups is 2. The van der Waals surface area contributed by atoms with Gasteiger partial charge in [0.05, 0.1) is 23.5 Å². The monoisotopic (exact) mass is 448 g/mol. The molecule has 1 aliphatic heterocycles. The van der Waals surface area contributed by atoms with E-state index in [2.05, 4.69) is 10.6 Å². The van der Waals surface area contributed by atoms with Crippen molar-refractivity contribution in [2.24, 2.45) is 11.5 Å². The molecule has 0 saturated heterocycles.